The molecule has 7 nitrogen and oxygen atoms in total. The molecule has 2 amide bonds. The fourth-order valence-corrected chi connectivity index (χ4v) is 3.96. The molecule has 0 bridgehead atoms. The number of ether oxygens (including phenoxy) is 1. The zero-order valence-electron chi connectivity index (χ0n) is 15.4. The molecule has 1 aromatic carbocycles. The quantitative estimate of drug-likeness (QED) is 0.750. The maximum atomic E-state index is 12.8. The van der Waals surface area contributed by atoms with E-state index in [4.69, 9.17) is 10.5 Å². The van der Waals surface area contributed by atoms with E-state index in [-0.39, 0.29) is 11.8 Å². The number of hydrogen-bond acceptors (Lipinski definition) is 4. The van der Waals surface area contributed by atoms with Crippen LogP contribution in [-0.2, 0) is 7.05 Å². The Hall–Kier alpha value is -2.35. The Morgan fingerprint density at radius 1 is 1.30 bits per heavy atom. The molecule has 0 aliphatic heterocycles. The Morgan fingerprint density at radius 3 is 2.63 bits per heavy atom. The molecule has 0 unspecified atom stereocenters. The summed E-state index contributed by atoms with van der Waals surface area (Å²) in [7, 11) is 3.20. The van der Waals surface area contributed by atoms with E-state index in [0.717, 1.165) is 30.2 Å². The summed E-state index contributed by atoms with van der Waals surface area (Å²) in [6.07, 6.45) is 5.37. The number of primary amides is 1. The molecule has 27 heavy (non-hydrogen) atoms. The van der Waals surface area contributed by atoms with E-state index in [9.17, 15) is 9.59 Å². The highest BCUT2D eigenvalue weighted by Crippen LogP contribution is 2.36. The zero-order valence-corrected chi connectivity index (χ0v) is 17.0. The van der Waals surface area contributed by atoms with Gasteiger partial charge in [0.25, 0.3) is 11.8 Å². The van der Waals surface area contributed by atoms with Crippen molar-refractivity contribution in [2.75, 3.05) is 12.4 Å². The third-order valence-corrected chi connectivity index (χ3v) is 5.45. The third kappa shape index (κ3) is 4.00. The zero-order chi connectivity index (χ0) is 19.6. The lowest BCUT2D eigenvalue weighted by Gasteiger charge is -2.20. The van der Waals surface area contributed by atoms with Crippen molar-refractivity contribution in [2.24, 2.45) is 12.8 Å². The number of aryl methyl sites for hydroxylation is 1. The van der Waals surface area contributed by atoms with Crippen LogP contribution in [0.3, 0.4) is 0 Å². The van der Waals surface area contributed by atoms with Crippen LogP contribution in [0.1, 0.15) is 64.4 Å². The maximum absolute atomic E-state index is 12.8. The van der Waals surface area contributed by atoms with Crippen molar-refractivity contribution in [3.05, 3.63) is 39.5 Å². The number of hydrogen-bond donors (Lipinski definition) is 2. The number of methoxy groups -OCH3 is 1. The van der Waals surface area contributed by atoms with Crippen LogP contribution < -0.4 is 15.8 Å². The van der Waals surface area contributed by atoms with Crippen molar-refractivity contribution in [1.29, 1.82) is 0 Å². The second-order valence-electron chi connectivity index (χ2n) is 6.73. The molecule has 0 atom stereocenters. The van der Waals surface area contributed by atoms with Gasteiger partial charge in [-0.2, -0.15) is 5.10 Å². The first-order valence-electron chi connectivity index (χ1n) is 8.94. The van der Waals surface area contributed by atoms with Crippen molar-refractivity contribution in [2.45, 2.75) is 38.0 Å². The van der Waals surface area contributed by atoms with Crippen molar-refractivity contribution >= 4 is 33.6 Å². The number of amides is 2. The first-order chi connectivity index (χ1) is 12.9. The Balaban J connectivity index is 1.96. The van der Waals surface area contributed by atoms with Gasteiger partial charge < -0.3 is 15.8 Å². The second-order valence-corrected chi connectivity index (χ2v) is 7.65. The molecule has 1 heterocycles. The Labute approximate surface area is 166 Å². The Morgan fingerprint density at radius 2 is 2.00 bits per heavy atom. The molecule has 8 heteroatoms. The van der Waals surface area contributed by atoms with Gasteiger partial charge in [0.15, 0.2) is 0 Å². The Kier molecular flexibility index (Phi) is 5.84. The van der Waals surface area contributed by atoms with Crippen LogP contribution in [0.25, 0.3) is 0 Å². The summed E-state index contributed by atoms with van der Waals surface area (Å²) >= 11 is 3.36. The lowest BCUT2D eigenvalue weighted by molar-refractivity contribution is 0.0999. The van der Waals surface area contributed by atoms with Gasteiger partial charge in [-0.05, 0) is 31.0 Å². The summed E-state index contributed by atoms with van der Waals surface area (Å²) in [6, 6.07) is 5.12. The fraction of sp³-hybridized carbons (Fsp3) is 0.421. The predicted octanol–water partition coefficient (Wildman–Crippen LogP) is 3.59. The summed E-state index contributed by atoms with van der Waals surface area (Å²) in [5.41, 5.74) is 6.99. The molecule has 1 aromatic heterocycles. The summed E-state index contributed by atoms with van der Waals surface area (Å²) in [5, 5.41) is 7.32. The lowest BCUT2D eigenvalue weighted by atomic mass is 9.85. The molecular formula is C19H23BrN4O3. The molecule has 2 aromatic rings. The number of carbonyl (C=O) groups excluding carboxylic acids is 2. The van der Waals surface area contributed by atoms with Crippen LogP contribution in [0.15, 0.2) is 22.7 Å². The molecule has 0 radical (unpaired) electrons. The van der Waals surface area contributed by atoms with Gasteiger partial charge in [0.05, 0.1) is 18.4 Å². The molecule has 144 valence electrons. The summed E-state index contributed by atoms with van der Waals surface area (Å²) in [6.45, 7) is 0. The summed E-state index contributed by atoms with van der Waals surface area (Å²) < 4.78 is 7.61. The second kappa shape index (κ2) is 8.12. The number of benzene rings is 1. The highest BCUT2D eigenvalue weighted by molar-refractivity contribution is 9.10. The van der Waals surface area contributed by atoms with E-state index in [1.807, 2.05) is 0 Å². The number of nitrogens with two attached hydrogens (primary N) is 1. The average Bonchev–Trinajstić information content (AvgIpc) is 2.98. The van der Waals surface area contributed by atoms with E-state index in [1.54, 1.807) is 25.2 Å². The maximum Gasteiger partial charge on any atom is 0.260 e. The van der Waals surface area contributed by atoms with Gasteiger partial charge in [-0.1, -0.05) is 35.2 Å². The van der Waals surface area contributed by atoms with Crippen LogP contribution in [0, 0.1) is 0 Å². The van der Waals surface area contributed by atoms with Gasteiger partial charge in [-0.15, -0.1) is 0 Å². The molecule has 3 rings (SSSR count). The van der Waals surface area contributed by atoms with Crippen LogP contribution >= 0.6 is 15.9 Å². The first kappa shape index (κ1) is 19.4. The van der Waals surface area contributed by atoms with Crippen molar-refractivity contribution in [1.82, 2.24) is 9.78 Å². The minimum atomic E-state index is -0.582. The average molecular weight is 435 g/mol. The third-order valence-electron chi connectivity index (χ3n) is 4.95. The number of anilines is 1. The number of nitrogens with zero attached hydrogens (tertiary/aromatic N) is 2. The number of halogens is 1. The van der Waals surface area contributed by atoms with E-state index in [1.165, 1.54) is 18.2 Å². The number of carbonyl (C=O) groups is 2. The van der Waals surface area contributed by atoms with Gasteiger partial charge in [0.1, 0.15) is 17.1 Å². The van der Waals surface area contributed by atoms with Crippen molar-refractivity contribution < 1.29 is 14.3 Å². The summed E-state index contributed by atoms with van der Waals surface area (Å²) in [4.78, 5) is 25.0. The normalized spacial score (nSPS) is 14.8. The molecule has 1 saturated carbocycles. The van der Waals surface area contributed by atoms with Gasteiger partial charge in [-0.25, -0.2) is 0 Å². The molecule has 0 saturated heterocycles. The monoisotopic (exact) mass is 434 g/mol. The Bertz CT molecular complexity index is 872. The SMILES string of the molecule is COc1cc(Br)ccc1C(=O)Nc1c(C(N)=O)c(C2CCCCC2)nn1C. The highest BCUT2D eigenvalue weighted by Gasteiger charge is 2.29. The first-order valence-corrected chi connectivity index (χ1v) is 9.73. The van der Waals surface area contributed by atoms with Crippen molar-refractivity contribution in [3.8, 4) is 5.75 Å². The van der Waals surface area contributed by atoms with Gasteiger partial charge in [0.2, 0.25) is 0 Å². The molecule has 1 aliphatic carbocycles. The van der Waals surface area contributed by atoms with Crippen LogP contribution in [-0.4, -0.2) is 28.7 Å². The predicted molar refractivity (Wildman–Crippen MR) is 106 cm³/mol. The van der Waals surface area contributed by atoms with E-state index in [0.29, 0.717) is 28.4 Å². The molecule has 1 fully saturated rings. The van der Waals surface area contributed by atoms with Gasteiger partial charge in [0, 0.05) is 17.4 Å². The van der Waals surface area contributed by atoms with E-state index >= 15 is 0 Å². The van der Waals surface area contributed by atoms with Gasteiger partial charge >= 0.3 is 0 Å². The molecule has 3 N–H and O–H groups in total. The smallest absolute Gasteiger partial charge is 0.260 e. The van der Waals surface area contributed by atoms with Crippen LogP contribution in [0.5, 0.6) is 5.75 Å². The highest BCUT2D eigenvalue weighted by atomic mass is 79.9. The standard InChI is InChI=1S/C19H23BrN4O3/c1-24-18(22-19(26)13-9-8-12(20)10-14(13)27-2)15(17(21)25)16(23-24)11-6-4-3-5-7-11/h8-11H,3-7H2,1-2H3,(H2,21,25)(H,22,26). The van der Waals surface area contributed by atoms with E-state index in [2.05, 4.69) is 26.3 Å². The topological polar surface area (TPSA) is 99.2 Å². The van der Waals surface area contributed by atoms with E-state index < -0.39 is 5.91 Å². The van der Waals surface area contributed by atoms with Gasteiger partial charge in [-0.3, -0.25) is 14.3 Å². The number of aromatic nitrogens is 2. The number of rotatable bonds is 5. The number of nitrogens with one attached hydrogen (secondary N) is 1. The fourth-order valence-electron chi connectivity index (χ4n) is 3.62. The van der Waals surface area contributed by atoms with Crippen molar-refractivity contribution in [3.63, 3.8) is 0 Å². The summed E-state index contributed by atoms with van der Waals surface area (Å²) in [5.74, 6) is -0.0303. The minimum absolute atomic E-state index is 0.195. The van der Waals surface area contributed by atoms with Crippen LogP contribution in [0.2, 0.25) is 0 Å². The van der Waals surface area contributed by atoms with Crippen LogP contribution in [0.4, 0.5) is 5.82 Å². The lowest BCUT2D eigenvalue weighted by Crippen LogP contribution is -2.21. The largest absolute Gasteiger partial charge is 0.496 e. The molecular weight excluding hydrogens is 412 g/mol. The minimum Gasteiger partial charge on any atom is -0.496 e. The molecule has 1 aliphatic rings. The molecule has 0 spiro atoms.